The summed E-state index contributed by atoms with van der Waals surface area (Å²) < 4.78 is 6.13. The predicted octanol–water partition coefficient (Wildman–Crippen LogP) is 4.36. The number of rotatable bonds is 3. The van der Waals surface area contributed by atoms with E-state index in [-0.39, 0.29) is 0 Å². The number of nitriles is 1. The maximum atomic E-state index is 10.0. The largest absolute Gasteiger partial charge is 0.436 e. The number of pyridine rings is 2. The third-order valence-electron chi connectivity index (χ3n) is 6.16. The fourth-order valence-electron chi connectivity index (χ4n) is 4.58. The van der Waals surface area contributed by atoms with Crippen molar-refractivity contribution in [2.45, 2.75) is 19.4 Å². The molecule has 1 saturated heterocycles. The van der Waals surface area contributed by atoms with Gasteiger partial charge in [-0.15, -0.1) is 0 Å². The molecule has 6 heteroatoms. The first-order chi connectivity index (χ1) is 14.6. The van der Waals surface area contributed by atoms with Gasteiger partial charge in [-0.1, -0.05) is 6.07 Å². The number of furan rings is 1. The molecule has 0 radical (unpaired) electrons. The van der Waals surface area contributed by atoms with Gasteiger partial charge in [0.2, 0.25) is 5.71 Å². The van der Waals surface area contributed by atoms with Gasteiger partial charge in [-0.3, -0.25) is 4.98 Å². The molecule has 3 aromatic heterocycles. The average Bonchev–Trinajstić information content (AvgIpc) is 3.39. The van der Waals surface area contributed by atoms with Crippen LogP contribution in [0.1, 0.15) is 17.5 Å². The highest BCUT2D eigenvalue weighted by atomic mass is 16.3. The molecule has 4 heterocycles. The quantitative estimate of drug-likeness (QED) is 0.511. The molecule has 1 aliphatic rings. The van der Waals surface area contributed by atoms with E-state index >= 15 is 0 Å². The summed E-state index contributed by atoms with van der Waals surface area (Å²) >= 11 is 0. The fraction of sp³-hybridized carbons (Fsp3) is 0.292. The lowest BCUT2D eigenvalue weighted by Crippen LogP contribution is -2.31. The van der Waals surface area contributed by atoms with Crippen LogP contribution in [0, 0.1) is 18.3 Å². The normalized spacial score (nSPS) is 16.6. The topological polar surface area (TPSA) is 69.2 Å². The van der Waals surface area contributed by atoms with Crippen LogP contribution in [0.2, 0.25) is 0 Å². The van der Waals surface area contributed by atoms with E-state index in [1.807, 2.05) is 37.3 Å². The van der Waals surface area contributed by atoms with Gasteiger partial charge in [0.05, 0.1) is 27.7 Å². The molecule has 0 bridgehead atoms. The van der Waals surface area contributed by atoms with Crippen LogP contribution in [0.4, 0.5) is 5.69 Å². The Kier molecular flexibility index (Phi) is 4.41. The summed E-state index contributed by atoms with van der Waals surface area (Å²) in [6.45, 7) is 3.85. The summed E-state index contributed by atoms with van der Waals surface area (Å²) in [4.78, 5) is 13.8. The Balaban J connectivity index is 1.91. The van der Waals surface area contributed by atoms with E-state index in [0.29, 0.717) is 22.9 Å². The zero-order valence-corrected chi connectivity index (χ0v) is 17.4. The second-order valence-corrected chi connectivity index (χ2v) is 8.06. The molecule has 1 fully saturated rings. The molecule has 1 aromatic carbocycles. The van der Waals surface area contributed by atoms with Gasteiger partial charge in [0, 0.05) is 37.1 Å². The van der Waals surface area contributed by atoms with Gasteiger partial charge in [0.1, 0.15) is 6.07 Å². The molecule has 0 N–H and O–H groups in total. The van der Waals surface area contributed by atoms with E-state index in [9.17, 15) is 5.26 Å². The maximum absolute atomic E-state index is 10.0. The molecular weight excluding hydrogens is 374 g/mol. The standard InChI is InChI=1S/C24H23N5O/c1-15-18(13-25)23-21(17-7-6-11-27-24(17)30-23)22(20(15)19-8-4-5-10-26-19)29-12-9-16(14-29)28(2)3/h4-8,10-11,16H,9,12,14H2,1-3H3/t16-/m0/s1. The Morgan fingerprint density at radius 3 is 2.70 bits per heavy atom. The maximum Gasteiger partial charge on any atom is 0.227 e. The molecule has 4 aromatic rings. The second-order valence-electron chi connectivity index (χ2n) is 8.06. The molecule has 0 unspecified atom stereocenters. The molecule has 0 saturated carbocycles. The van der Waals surface area contributed by atoms with Gasteiger partial charge in [-0.25, -0.2) is 4.98 Å². The van der Waals surface area contributed by atoms with Crippen LogP contribution in [0.5, 0.6) is 0 Å². The summed E-state index contributed by atoms with van der Waals surface area (Å²) in [6, 6.07) is 12.7. The lowest BCUT2D eigenvalue weighted by Gasteiger charge is -2.26. The minimum atomic E-state index is 0.476. The Morgan fingerprint density at radius 2 is 2.00 bits per heavy atom. The van der Waals surface area contributed by atoms with Gasteiger partial charge < -0.3 is 14.2 Å². The first kappa shape index (κ1) is 18.6. The Bertz CT molecular complexity index is 1290. The predicted molar refractivity (Wildman–Crippen MR) is 119 cm³/mol. The van der Waals surface area contributed by atoms with Crippen molar-refractivity contribution in [1.82, 2.24) is 14.9 Å². The van der Waals surface area contributed by atoms with E-state index in [4.69, 9.17) is 4.42 Å². The molecule has 0 amide bonds. The third-order valence-corrected chi connectivity index (χ3v) is 6.16. The van der Waals surface area contributed by atoms with Crippen molar-refractivity contribution in [2.24, 2.45) is 0 Å². The highest BCUT2D eigenvalue weighted by molar-refractivity contribution is 6.16. The lowest BCUT2D eigenvalue weighted by molar-refractivity contribution is 0.315. The van der Waals surface area contributed by atoms with Crippen molar-refractivity contribution in [2.75, 3.05) is 32.1 Å². The van der Waals surface area contributed by atoms with Crippen molar-refractivity contribution in [1.29, 1.82) is 5.26 Å². The van der Waals surface area contributed by atoms with Gasteiger partial charge in [0.25, 0.3) is 0 Å². The Morgan fingerprint density at radius 1 is 1.17 bits per heavy atom. The monoisotopic (exact) mass is 397 g/mol. The number of hydrogen-bond donors (Lipinski definition) is 0. The number of anilines is 1. The molecule has 6 nitrogen and oxygen atoms in total. The molecule has 1 atom stereocenters. The first-order valence-corrected chi connectivity index (χ1v) is 10.2. The third kappa shape index (κ3) is 2.74. The molecule has 30 heavy (non-hydrogen) atoms. The van der Waals surface area contributed by atoms with Crippen LogP contribution in [0.3, 0.4) is 0 Å². The summed E-state index contributed by atoms with van der Waals surface area (Å²) in [5.41, 5.74) is 5.59. The summed E-state index contributed by atoms with van der Waals surface area (Å²) in [5, 5.41) is 11.9. The number of fused-ring (bicyclic) bond motifs is 3. The van der Waals surface area contributed by atoms with Gasteiger partial charge in [-0.05, 0) is 57.3 Å². The molecule has 150 valence electrons. The Labute approximate surface area is 175 Å². The minimum absolute atomic E-state index is 0.476. The number of likely N-dealkylation sites (N-methyl/N-ethyl adjacent to an activating group) is 1. The summed E-state index contributed by atoms with van der Waals surface area (Å²) in [5.74, 6) is 0. The van der Waals surface area contributed by atoms with Gasteiger partial charge in [-0.2, -0.15) is 5.26 Å². The van der Waals surface area contributed by atoms with Crippen LogP contribution in [0.15, 0.2) is 47.1 Å². The smallest absolute Gasteiger partial charge is 0.227 e. The molecule has 0 spiro atoms. The summed E-state index contributed by atoms with van der Waals surface area (Å²) in [7, 11) is 4.26. The van der Waals surface area contributed by atoms with E-state index in [0.717, 1.165) is 52.8 Å². The number of hydrogen-bond acceptors (Lipinski definition) is 6. The molecular formula is C24H23N5O. The van der Waals surface area contributed by atoms with Crippen LogP contribution >= 0.6 is 0 Å². The van der Waals surface area contributed by atoms with Gasteiger partial charge in [0.15, 0.2) is 5.58 Å². The average molecular weight is 397 g/mol. The molecule has 1 aliphatic heterocycles. The van der Waals surface area contributed by atoms with E-state index in [1.54, 1.807) is 12.4 Å². The summed E-state index contributed by atoms with van der Waals surface area (Å²) in [6.07, 6.45) is 4.61. The van der Waals surface area contributed by atoms with Crippen molar-refractivity contribution in [3.63, 3.8) is 0 Å². The van der Waals surface area contributed by atoms with Crippen LogP contribution < -0.4 is 4.90 Å². The zero-order valence-electron chi connectivity index (χ0n) is 17.4. The minimum Gasteiger partial charge on any atom is -0.436 e. The van der Waals surface area contributed by atoms with Crippen LogP contribution in [-0.4, -0.2) is 48.1 Å². The SMILES string of the molecule is Cc1c(-c2ccccn2)c(N2CC[C@H](N(C)C)C2)c2c(oc3ncccc32)c1C#N. The number of aromatic nitrogens is 2. The Hall–Kier alpha value is -3.43. The van der Waals surface area contributed by atoms with E-state index in [1.165, 1.54) is 0 Å². The van der Waals surface area contributed by atoms with E-state index in [2.05, 4.69) is 39.9 Å². The van der Waals surface area contributed by atoms with Crippen molar-refractivity contribution in [3.05, 3.63) is 53.9 Å². The van der Waals surface area contributed by atoms with Gasteiger partial charge >= 0.3 is 0 Å². The zero-order chi connectivity index (χ0) is 20.8. The van der Waals surface area contributed by atoms with Crippen LogP contribution in [0.25, 0.3) is 33.3 Å². The molecule has 0 aliphatic carbocycles. The second kappa shape index (κ2) is 7.12. The highest BCUT2D eigenvalue weighted by Crippen LogP contribution is 2.46. The van der Waals surface area contributed by atoms with Crippen molar-refractivity contribution in [3.8, 4) is 17.3 Å². The molecule has 5 rings (SSSR count). The van der Waals surface area contributed by atoms with E-state index < -0.39 is 0 Å². The fourth-order valence-corrected chi connectivity index (χ4v) is 4.58. The highest BCUT2D eigenvalue weighted by Gasteiger charge is 2.31. The number of benzene rings is 1. The lowest BCUT2D eigenvalue weighted by atomic mass is 9.93. The van der Waals surface area contributed by atoms with Crippen LogP contribution in [-0.2, 0) is 0 Å². The van der Waals surface area contributed by atoms with Crippen molar-refractivity contribution >= 4 is 27.8 Å². The van der Waals surface area contributed by atoms with Crippen molar-refractivity contribution < 1.29 is 4.42 Å². The number of nitrogens with zero attached hydrogens (tertiary/aromatic N) is 5. The first-order valence-electron chi connectivity index (χ1n) is 10.2.